The summed E-state index contributed by atoms with van der Waals surface area (Å²) < 4.78 is 23.9. The molecule has 3 rings (SSSR count). The van der Waals surface area contributed by atoms with E-state index in [1.165, 1.54) is 24.5 Å². The van der Waals surface area contributed by atoms with Gasteiger partial charge in [-0.05, 0) is 39.7 Å². The van der Waals surface area contributed by atoms with E-state index in [0.717, 1.165) is 4.90 Å². The zero-order chi connectivity index (χ0) is 17.5. The van der Waals surface area contributed by atoms with Gasteiger partial charge in [0, 0.05) is 16.9 Å². The van der Waals surface area contributed by atoms with Gasteiger partial charge in [0.15, 0.2) is 0 Å². The van der Waals surface area contributed by atoms with Crippen LogP contribution in [0, 0.1) is 0 Å². The summed E-state index contributed by atoms with van der Waals surface area (Å²) in [6.45, 7) is 0. The van der Waals surface area contributed by atoms with Crippen molar-refractivity contribution >= 4 is 37.8 Å². The third-order valence-corrected chi connectivity index (χ3v) is 4.85. The number of aromatic nitrogens is 1. The number of hydrogen-bond donors (Lipinski definition) is 1. The number of nitrogens with two attached hydrogens (primary N) is 1. The first-order valence-electron chi connectivity index (χ1n) is 6.86. The fourth-order valence-electron chi connectivity index (χ4n) is 2.64. The van der Waals surface area contributed by atoms with Crippen molar-refractivity contribution in [2.24, 2.45) is 5.14 Å². The molecule has 2 N–H and O–H groups in total. The van der Waals surface area contributed by atoms with Gasteiger partial charge in [0.2, 0.25) is 10.0 Å². The number of fused-ring (bicyclic) bond motifs is 1. The van der Waals surface area contributed by atoms with Crippen LogP contribution in [0.2, 0.25) is 0 Å². The van der Waals surface area contributed by atoms with Crippen molar-refractivity contribution in [3.8, 4) is 0 Å². The third kappa shape index (κ3) is 3.10. The van der Waals surface area contributed by atoms with Crippen molar-refractivity contribution < 1.29 is 18.0 Å². The monoisotopic (exact) mass is 409 g/mol. The molecule has 1 aliphatic rings. The van der Waals surface area contributed by atoms with Crippen LogP contribution in [0.1, 0.15) is 32.3 Å². The molecule has 1 atom stereocenters. The highest BCUT2D eigenvalue weighted by atomic mass is 79.9. The molecule has 1 unspecified atom stereocenters. The lowest BCUT2D eigenvalue weighted by Crippen LogP contribution is -2.39. The van der Waals surface area contributed by atoms with E-state index in [4.69, 9.17) is 5.14 Å². The molecular weight excluding hydrogens is 398 g/mol. The number of amides is 2. The molecule has 2 heterocycles. The lowest BCUT2D eigenvalue weighted by molar-refractivity contribution is 0.0597. The molecule has 0 fully saturated rings. The first-order valence-corrected chi connectivity index (χ1v) is 9.36. The molecular formula is C15H12BrN3O4S. The lowest BCUT2D eigenvalue weighted by Gasteiger charge is -2.25. The summed E-state index contributed by atoms with van der Waals surface area (Å²) in [7, 11) is -3.95. The average molecular weight is 410 g/mol. The van der Waals surface area contributed by atoms with Crippen LogP contribution in [0.25, 0.3) is 0 Å². The Morgan fingerprint density at radius 1 is 1.12 bits per heavy atom. The number of primary sulfonamides is 1. The Morgan fingerprint density at radius 3 is 2.21 bits per heavy atom. The van der Waals surface area contributed by atoms with Gasteiger partial charge in [0.05, 0.1) is 22.9 Å². The zero-order valence-corrected chi connectivity index (χ0v) is 14.6. The highest BCUT2D eigenvalue weighted by molar-refractivity contribution is 9.10. The zero-order valence-electron chi connectivity index (χ0n) is 12.2. The predicted molar refractivity (Wildman–Crippen MR) is 89.6 cm³/mol. The highest BCUT2D eigenvalue weighted by Gasteiger charge is 2.41. The lowest BCUT2D eigenvalue weighted by atomic mass is 10.1. The summed E-state index contributed by atoms with van der Waals surface area (Å²) in [4.78, 5) is 30.2. The predicted octanol–water partition coefficient (Wildman–Crippen LogP) is 1.47. The molecule has 0 saturated carbocycles. The van der Waals surface area contributed by atoms with E-state index in [0.29, 0.717) is 10.0 Å². The van der Waals surface area contributed by atoms with Gasteiger partial charge in [-0.3, -0.25) is 19.5 Å². The Hall–Kier alpha value is -2.10. The van der Waals surface area contributed by atoms with Gasteiger partial charge >= 0.3 is 0 Å². The molecule has 0 saturated heterocycles. The first kappa shape index (κ1) is 16.7. The van der Waals surface area contributed by atoms with Crippen LogP contribution in [-0.4, -0.2) is 35.9 Å². The van der Waals surface area contributed by atoms with Crippen LogP contribution in [0.15, 0.2) is 47.2 Å². The van der Waals surface area contributed by atoms with E-state index in [1.54, 1.807) is 18.2 Å². The second kappa shape index (κ2) is 6.08. The quantitative estimate of drug-likeness (QED) is 0.768. The third-order valence-electron chi connectivity index (χ3n) is 3.64. The molecule has 0 aliphatic carbocycles. The number of pyridine rings is 1. The number of rotatable bonds is 4. The maximum absolute atomic E-state index is 12.6. The summed E-state index contributed by atoms with van der Waals surface area (Å²) in [6, 6.07) is 6.89. The molecule has 0 spiro atoms. The first-order chi connectivity index (χ1) is 11.3. The number of nitrogens with zero attached hydrogens (tertiary/aromatic N) is 2. The second-order valence-electron chi connectivity index (χ2n) is 5.31. The fourth-order valence-corrected chi connectivity index (χ4v) is 3.81. The Bertz CT molecular complexity index is 910. The van der Waals surface area contributed by atoms with E-state index < -0.39 is 33.6 Å². The number of carbonyl (C=O) groups excluding carboxylic acids is 2. The number of sulfonamides is 1. The Balaban J connectivity index is 2.10. The van der Waals surface area contributed by atoms with Crippen LogP contribution < -0.4 is 5.14 Å². The summed E-state index contributed by atoms with van der Waals surface area (Å²) in [5.74, 6) is -1.69. The average Bonchev–Trinajstić information content (AvgIpc) is 2.76. The van der Waals surface area contributed by atoms with Crippen LogP contribution in [0.5, 0.6) is 0 Å². The van der Waals surface area contributed by atoms with Gasteiger partial charge < -0.3 is 0 Å². The van der Waals surface area contributed by atoms with Crippen LogP contribution in [0.4, 0.5) is 0 Å². The molecule has 124 valence electrons. The molecule has 1 aromatic heterocycles. The standard InChI is InChI=1S/C15H12BrN3O4S/c16-10-5-9(6-18-7-10)13(8-24(17,22)23)19-14(20)11-3-1-2-4-12(11)15(19)21/h1-7,13H,8H2,(H2,17,22,23). The van der Waals surface area contributed by atoms with Gasteiger partial charge in [0.25, 0.3) is 11.8 Å². The smallest absolute Gasteiger partial charge is 0.262 e. The van der Waals surface area contributed by atoms with Crippen molar-refractivity contribution in [2.45, 2.75) is 6.04 Å². The Kier molecular flexibility index (Phi) is 4.24. The van der Waals surface area contributed by atoms with Crippen molar-refractivity contribution in [3.63, 3.8) is 0 Å². The van der Waals surface area contributed by atoms with E-state index in [1.807, 2.05) is 0 Å². The van der Waals surface area contributed by atoms with E-state index in [2.05, 4.69) is 20.9 Å². The molecule has 24 heavy (non-hydrogen) atoms. The van der Waals surface area contributed by atoms with Gasteiger partial charge in [-0.2, -0.15) is 0 Å². The molecule has 1 aliphatic heterocycles. The van der Waals surface area contributed by atoms with Crippen LogP contribution in [0.3, 0.4) is 0 Å². The van der Waals surface area contributed by atoms with E-state index in [-0.39, 0.29) is 11.1 Å². The minimum absolute atomic E-state index is 0.241. The molecule has 0 radical (unpaired) electrons. The number of halogens is 1. The molecule has 2 amide bonds. The van der Waals surface area contributed by atoms with Gasteiger partial charge in [-0.25, -0.2) is 13.6 Å². The molecule has 9 heteroatoms. The fraction of sp³-hybridized carbons (Fsp3) is 0.133. The van der Waals surface area contributed by atoms with Crippen molar-refractivity contribution in [2.75, 3.05) is 5.75 Å². The summed E-state index contributed by atoms with van der Waals surface area (Å²) in [5.41, 5.74) is 0.877. The SMILES string of the molecule is NS(=O)(=O)CC(c1cncc(Br)c1)N1C(=O)c2ccccc2C1=O. The van der Waals surface area contributed by atoms with Crippen molar-refractivity contribution in [1.82, 2.24) is 9.88 Å². The summed E-state index contributed by atoms with van der Waals surface area (Å²) in [6.07, 6.45) is 2.92. The van der Waals surface area contributed by atoms with Gasteiger partial charge in [0.1, 0.15) is 0 Å². The van der Waals surface area contributed by atoms with Gasteiger partial charge in [-0.1, -0.05) is 12.1 Å². The maximum Gasteiger partial charge on any atom is 0.262 e. The minimum atomic E-state index is -3.95. The number of carbonyl (C=O) groups is 2. The number of imide groups is 1. The normalized spacial score (nSPS) is 15.5. The van der Waals surface area contributed by atoms with Gasteiger partial charge in [-0.15, -0.1) is 0 Å². The van der Waals surface area contributed by atoms with Crippen molar-refractivity contribution in [3.05, 3.63) is 63.9 Å². The van der Waals surface area contributed by atoms with Crippen LogP contribution >= 0.6 is 15.9 Å². The molecule has 7 nitrogen and oxygen atoms in total. The number of benzene rings is 1. The maximum atomic E-state index is 12.6. The second-order valence-corrected chi connectivity index (χ2v) is 7.88. The topological polar surface area (TPSA) is 110 Å². The van der Waals surface area contributed by atoms with Crippen molar-refractivity contribution in [1.29, 1.82) is 0 Å². The largest absolute Gasteiger partial charge is 0.269 e. The van der Waals surface area contributed by atoms with Crippen LogP contribution in [-0.2, 0) is 10.0 Å². The Morgan fingerprint density at radius 2 is 1.71 bits per heavy atom. The highest BCUT2D eigenvalue weighted by Crippen LogP contribution is 2.32. The Labute approximate surface area is 146 Å². The summed E-state index contributed by atoms with van der Waals surface area (Å²) in [5, 5.41) is 5.17. The number of hydrogen-bond acceptors (Lipinski definition) is 5. The summed E-state index contributed by atoms with van der Waals surface area (Å²) >= 11 is 3.25. The van der Waals surface area contributed by atoms with E-state index in [9.17, 15) is 18.0 Å². The molecule has 0 bridgehead atoms. The molecule has 2 aromatic rings. The van der Waals surface area contributed by atoms with E-state index >= 15 is 0 Å². The molecule has 1 aromatic carbocycles. The minimum Gasteiger partial charge on any atom is -0.269 e.